The zero-order valence-electron chi connectivity index (χ0n) is 13.8. The summed E-state index contributed by atoms with van der Waals surface area (Å²) in [6.45, 7) is 7.60. The summed E-state index contributed by atoms with van der Waals surface area (Å²) in [7, 11) is 0. The molecule has 3 nitrogen and oxygen atoms in total. The van der Waals surface area contributed by atoms with Crippen LogP contribution in [0.1, 0.15) is 51.3 Å². The van der Waals surface area contributed by atoms with E-state index in [4.69, 9.17) is 0 Å². The highest BCUT2D eigenvalue weighted by Crippen LogP contribution is 2.49. The first-order valence-corrected chi connectivity index (χ1v) is 8.42. The SMILES string of the molecule is CC=C1C2C=C(C)CC1(NCCCC)c1ccc(=O)[nH]c1C2. The van der Waals surface area contributed by atoms with E-state index in [1.807, 2.05) is 6.07 Å². The van der Waals surface area contributed by atoms with Gasteiger partial charge in [-0.3, -0.25) is 4.79 Å². The summed E-state index contributed by atoms with van der Waals surface area (Å²) in [5.74, 6) is 0.401. The van der Waals surface area contributed by atoms with E-state index in [9.17, 15) is 4.79 Å². The average Bonchev–Trinajstić information content (AvgIpc) is 2.46. The number of H-pyrrole nitrogens is 1. The molecule has 1 aromatic rings. The van der Waals surface area contributed by atoms with Crippen LogP contribution in [0.3, 0.4) is 0 Å². The molecule has 0 spiro atoms. The van der Waals surface area contributed by atoms with Crippen molar-refractivity contribution in [3.63, 3.8) is 0 Å². The number of nitrogens with one attached hydrogen (secondary N) is 2. The Hall–Kier alpha value is -1.61. The zero-order chi connectivity index (χ0) is 15.7. The van der Waals surface area contributed by atoms with E-state index >= 15 is 0 Å². The van der Waals surface area contributed by atoms with Crippen molar-refractivity contribution in [3.8, 4) is 0 Å². The topological polar surface area (TPSA) is 44.9 Å². The van der Waals surface area contributed by atoms with Crippen molar-refractivity contribution in [2.24, 2.45) is 5.92 Å². The number of allylic oxidation sites excluding steroid dienone is 2. The first kappa shape index (κ1) is 15.3. The van der Waals surface area contributed by atoms with E-state index in [-0.39, 0.29) is 11.1 Å². The van der Waals surface area contributed by atoms with Crippen molar-refractivity contribution in [2.45, 2.75) is 52.0 Å². The molecule has 118 valence electrons. The van der Waals surface area contributed by atoms with Gasteiger partial charge in [-0.25, -0.2) is 0 Å². The van der Waals surface area contributed by atoms with Gasteiger partial charge in [-0.1, -0.05) is 31.1 Å². The van der Waals surface area contributed by atoms with Gasteiger partial charge in [-0.2, -0.15) is 0 Å². The molecule has 0 aliphatic heterocycles. The van der Waals surface area contributed by atoms with Gasteiger partial charge in [0.15, 0.2) is 0 Å². The Bertz CT molecular complexity index is 683. The van der Waals surface area contributed by atoms with Crippen LogP contribution in [0.2, 0.25) is 0 Å². The first-order chi connectivity index (χ1) is 10.6. The van der Waals surface area contributed by atoms with Crippen molar-refractivity contribution in [1.82, 2.24) is 10.3 Å². The molecule has 2 bridgehead atoms. The van der Waals surface area contributed by atoms with Gasteiger partial charge in [-0.05, 0) is 56.9 Å². The van der Waals surface area contributed by atoms with Crippen molar-refractivity contribution in [2.75, 3.05) is 6.54 Å². The highest BCUT2D eigenvalue weighted by Gasteiger charge is 2.46. The van der Waals surface area contributed by atoms with E-state index in [1.165, 1.54) is 29.6 Å². The predicted molar refractivity (Wildman–Crippen MR) is 91.0 cm³/mol. The Kier molecular flexibility index (Phi) is 4.09. The number of hydrogen-bond acceptors (Lipinski definition) is 2. The molecule has 2 N–H and O–H groups in total. The number of aromatic amines is 1. The van der Waals surface area contributed by atoms with Gasteiger partial charge in [0.25, 0.3) is 0 Å². The molecule has 2 aliphatic rings. The summed E-state index contributed by atoms with van der Waals surface area (Å²) >= 11 is 0. The van der Waals surface area contributed by atoms with E-state index < -0.39 is 0 Å². The first-order valence-electron chi connectivity index (χ1n) is 8.42. The van der Waals surface area contributed by atoms with Crippen LogP contribution in [0.15, 0.2) is 40.2 Å². The maximum absolute atomic E-state index is 11.7. The number of hydrogen-bond donors (Lipinski definition) is 2. The lowest BCUT2D eigenvalue weighted by atomic mass is 9.63. The standard InChI is InChI=1S/C19H26N2O/c1-4-6-9-20-19-12-13(3)10-14(15(19)5-2)11-17-16(19)7-8-18(22)21-17/h5,7-8,10,14,20H,4,6,9,11-12H2,1-3H3,(H,21,22). The quantitative estimate of drug-likeness (QED) is 0.661. The number of fused-ring (bicyclic) bond motifs is 4. The lowest BCUT2D eigenvalue weighted by molar-refractivity contribution is 0.321. The number of aromatic nitrogens is 1. The van der Waals surface area contributed by atoms with Gasteiger partial charge >= 0.3 is 0 Å². The smallest absolute Gasteiger partial charge is 0.248 e. The van der Waals surface area contributed by atoms with Crippen LogP contribution in [0.5, 0.6) is 0 Å². The van der Waals surface area contributed by atoms with Crippen LogP contribution in [-0.2, 0) is 12.0 Å². The third-order valence-electron chi connectivity index (χ3n) is 5.07. The second-order valence-electron chi connectivity index (χ2n) is 6.64. The summed E-state index contributed by atoms with van der Waals surface area (Å²) in [4.78, 5) is 14.8. The number of unbranched alkanes of at least 4 members (excludes halogenated alkanes) is 1. The van der Waals surface area contributed by atoms with Gasteiger partial charge in [0.2, 0.25) is 5.56 Å². The van der Waals surface area contributed by atoms with Crippen LogP contribution in [0.25, 0.3) is 0 Å². The minimum atomic E-state index is -0.134. The average molecular weight is 298 g/mol. The second-order valence-corrected chi connectivity index (χ2v) is 6.64. The van der Waals surface area contributed by atoms with Crippen molar-refractivity contribution < 1.29 is 0 Å². The van der Waals surface area contributed by atoms with E-state index in [0.717, 1.165) is 25.1 Å². The largest absolute Gasteiger partial charge is 0.326 e. The summed E-state index contributed by atoms with van der Waals surface area (Å²) in [6.07, 6.45) is 8.91. The van der Waals surface area contributed by atoms with Gasteiger partial charge < -0.3 is 10.3 Å². The minimum absolute atomic E-state index is 0.00478. The normalized spacial score (nSPS) is 28.4. The number of rotatable bonds is 4. The maximum Gasteiger partial charge on any atom is 0.248 e. The highest BCUT2D eigenvalue weighted by molar-refractivity contribution is 5.49. The van der Waals surface area contributed by atoms with Gasteiger partial charge in [0, 0.05) is 17.7 Å². The summed E-state index contributed by atoms with van der Waals surface area (Å²) in [6, 6.07) is 3.70. The molecule has 0 amide bonds. The summed E-state index contributed by atoms with van der Waals surface area (Å²) in [5.41, 5.74) is 5.15. The molecule has 3 heteroatoms. The third kappa shape index (κ3) is 2.38. The van der Waals surface area contributed by atoms with Crippen molar-refractivity contribution in [1.29, 1.82) is 0 Å². The third-order valence-corrected chi connectivity index (χ3v) is 5.07. The van der Waals surface area contributed by atoms with Crippen LogP contribution in [-0.4, -0.2) is 11.5 Å². The number of pyridine rings is 1. The Morgan fingerprint density at radius 3 is 3.00 bits per heavy atom. The Balaban J connectivity index is 2.14. The molecule has 0 aromatic carbocycles. The maximum atomic E-state index is 11.7. The highest BCUT2D eigenvalue weighted by atomic mass is 16.1. The van der Waals surface area contributed by atoms with E-state index in [0.29, 0.717) is 5.92 Å². The molecule has 2 atom stereocenters. The fourth-order valence-electron chi connectivity index (χ4n) is 4.25. The fourth-order valence-corrected chi connectivity index (χ4v) is 4.25. The predicted octanol–water partition coefficient (Wildman–Crippen LogP) is 3.43. The monoisotopic (exact) mass is 298 g/mol. The van der Waals surface area contributed by atoms with Gasteiger partial charge in [-0.15, -0.1) is 0 Å². The summed E-state index contributed by atoms with van der Waals surface area (Å²) in [5, 5.41) is 3.84. The molecular formula is C19H26N2O. The summed E-state index contributed by atoms with van der Waals surface area (Å²) < 4.78 is 0. The molecule has 0 fully saturated rings. The lowest BCUT2D eigenvalue weighted by Crippen LogP contribution is -2.52. The van der Waals surface area contributed by atoms with Gasteiger partial charge in [0.1, 0.15) is 0 Å². The van der Waals surface area contributed by atoms with Crippen LogP contribution < -0.4 is 10.9 Å². The van der Waals surface area contributed by atoms with Crippen molar-refractivity contribution in [3.05, 3.63) is 57.0 Å². The van der Waals surface area contributed by atoms with Crippen LogP contribution in [0, 0.1) is 5.92 Å². The lowest BCUT2D eigenvalue weighted by Gasteiger charge is -2.48. The zero-order valence-corrected chi connectivity index (χ0v) is 13.8. The molecule has 3 rings (SSSR count). The molecule has 2 aliphatic carbocycles. The fraction of sp³-hybridized carbons (Fsp3) is 0.526. The molecule has 22 heavy (non-hydrogen) atoms. The van der Waals surface area contributed by atoms with Crippen LogP contribution in [0.4, 0.5) is 0 Å². The molecular weight excluding hydrogens is 272 g/mol. The van der Waals surface area contributed by atoms with E-state index in [1.54, 1.807) is 6.07 Å². The molecule has 0 saturated carbocycles. The Labute approximate surface area is 132 Å². The van der Waals surface area contributed by atoms with E-state index in [2.05, 4.69) is 43.2 Å². The molecule has 2 unspecified atom stereocenters. The van der Waals surface area contributed by atoms with Gasteiger partial charge in [0.05, 0.1) is 5.54 Å². The minimum Gasteiger partial charge on any atom is -0.326 e. The Morgan fingerprint density at radius 1 is 1.45 bits per heavy atom. The molecule has 1 heterocycles. The van der Waals surface area contributed by atoms with Crippen molar-refractivity contribution >= 4 is 0 Å². The van der Waals surface area contributed by atoms with Crippen LogP contribution >= 0.6 is 0 Å². The molecule has 0 radical (unpaired) electrons. The second kappa shape index (κ2) is 5.88. The molecule has 1 aromatic heterocycles. The molecule has 0 saturated heterocycles. The Morgan fingerprint density at radius 2 is 2.27 bits per heavy atom.